The Kier molecular flexibility index (Phi) is 5.74. The molecule has 1 rings (SSSR count). The van der Waals surface area contributed by atoms with Gasteiger partial charge in [-0.3, -0.25) is 0 Å². The molecule has 1 N–H and O–H groups in total. The lowest BCUT2D eigenvalue weighted by molar-refractivity contribution is 0.197. The first-order valence-corrected chi connectivity index (χ1v) is 5.66. The summed E-state index contributed by atoms with van der Waals surface area (Å²) < 4.78 is 17.8. The van der Waals surface area contributed by atoms with Gasteiger partial charge in [0, 0.05) is 20.2 Å². The van der Waals surface area contributed by atoms with Crippen LogP contribution in [0.25, 0.3) is 0 Å². The van der Waals surface area contributed by atoms with Crippen molar-refractivity contribution in [2.75, 3.05) is 20.3 Å². The van der Waals surface area contributed by atoms with Crippen LogP contribution < -0.4 is 5.32 Å². The highest BCUT2D eigenvalue weighted by molar-refractivity contribution is 6.20. The molecule has 1 atom stereocenters. The normalized spacial score (nSPS) is 12.8. The fraction of sp³-hybridized carbons (Fsp3) is 0.500. The van der Waals surface area contributed by atoms with Gasteiger partial charge in [-0.05, 0) is 30.2 Å². The molecule has 4 heteroatoms. The number of alkyl halides is 1. The number of methoxy groups -OCH3 is 1. The topological polar surface area (TPSA) is 21.3 Å². The maximum absolute atomic E-state index is 12.8. The van der Waals surface area contributed by atoms with Crippen LogP contribution in [0.4, 0.5) is 4.39 Å². The van der Waals surface area contributed by atoms with Crippen molar-refractivity contribution in [1.29, 1.82) is 0 Å². The average molecular weight is 246 g/mol. The number of halogens is 2. The van der Waals surface area contributed by atoms with E-state index >= 15 is 0 Å². The number of aryl methyl sites for hydroxylation is 1. The number of nitrogens with one attached hydrogen (secondary N) is 1. The molecule has 0 aromatic heterocycles. The molecule has 0 aliphatic carbocycles. The third-order valence-electron chi connectivity index (χ3n) is 2.33. The second kappa shape index (κ2) is 6.84. The quantitative estimate of drug-likeness (QED) is 0.778. The van der Waals surface area contributed by atoms with E-state index in [0.29, 0.717) is 19.7 Å². The van der Waals surface area contributed by atoms with Gasteiger partial charge in [0.05, 0.1) is 12.0 Å². The molecule has 1 aromatic rings. The van der Waals surface area contributed by atoms with Gasteiger partial charge in [0.25, 0.3) is 0 Å². The summed E-state index contributed by atoms with van der Waals surface area (Å²) in [6.45, 7) is 3.79. The second-order valence-corrected chi connectivity index (χ2v) is 4.37. The van der Waals surface area contributed by atoms with Gasteiger partial charge in [-0.1, -0.05) is 6.07 Å². The van der Waals surface area contributed by atoms with Gasteiger partial charge in [0.2, 0.25) is 0 Å². The summed E-state index contributed by atoms with van der Waals surface area (Å²) in [4.78, 5) is 0. The summed E-state index contributed by atoms with van der Waals surface area (Å²) >= 11 is 5.96. The molecular weight excluding hydrogens is 229 g/mol. The molecule has 0 heterocycles. The molecule has 0 saturated heterocycles. The zero-order valence-electron chi connectivity index (χ0n) is 9.59. The predicted molar refractivity (Wildman–Crippen MR) is 64.4 cm³/mol. The second-order valence-electron chi connectivity index (χ2n) is 3.75. The monoisotopic (exact) mass is 245 g/mol. The summed E-state index contributed by atoms with van der Waals surface area (Å²) in [6, 6.07) is 4.79. The van der Waals surface area contributed by atoms with Crippen LogP contribution in [0.3, 0.4) is 0 Å². The fourth-order valence-electron chi connectivity index (χ4n) is 1.46. The Balaban J connectivity index is 2.37. The summed E-state index contributed by atoms with van der Waals surface area (Å²) in [7, 11) is 1.62. The van der Waals surface area contributed by atoms with Crippen LogP contribution in [0.15, 0.2) is 18.2 Å². The zero-order chi connectivity index (χ0) is 12.0. The van der Waals surface area contributed by atoms with Crippen molar-refractivity contribution < 1.29 is 9.13 Å². The van der Waals surface area contributed by atoms with Crippen molar-refractivity contribution in [2.24, 2.45) is 0 Å². The van der Waals surface area contributed by atoms with E-state index in [2.05, 4.69) is 5.32 Å². The summed E-state index contributed by atoms with van der Waals surface area (Å²) in [6.07, 6.45) is 0. The average Bonchev–Trinajstić information content (AvgIpc) is 2.22. The zero-order valence-corrected chi connectivity index (χ0v) is 10.4. The van der Waals surface area contributed by atoms with Crippen LogP contribution >= 0.6 is 11.6 Å². The molecule has 1 unspecified atom stereocenters. The third kappa shape index (κ3) is 4.47. The van der Waals surface area contributed by atoms with E-state index in [1.54, 1.807) is 13.2 Å². The lowest BCUT2D eigenvalue weighted by atomic mass is 10.1. The highest BCUT2D eigenvalue weighted by Crippen LogP contribution is 2.09. The lowest BCUT2D eigenvalue weighted by Gasteiger charge is -2.11. The minimum absolute atomic E-state index is 0.0363. The Hall–Kier alpha value is -0.640. The molecule has 0 aliphatic rings. The van der Waals surface area contributed by atoms with Gasteiger partial charge >= 0.3 is 0 Å². The third-order valence-corrected chi connectivity index (χ3v) is 2.61. The molecule has 16 heavy (non-hydrogen) atoms. The Morgan fingerprint density at radius 1 is 1.50 bits per heavy atom. The number of benzene rings is 1. The number of rotatable bonds is 6. The van der Waals surface area contributed by atoms with E-state index in [-0.39, 0.29) is 11.2 Å². The van der Waals surface area contributed by atoms with E-state index in [9.17, 15) is 4.39 Å². The molecule has 0 aliphatic heterocycles. The fourth-order valence-corrected chi connectivity index (χ4v) is 1.70. The van der Waals surface area contributed by atoms with Crippen molar-refractivity contribution in [1.82, 2.24) is 5.32 Å². The first kappa shape index (κ1) is 13.4. The summed E-state index contributed by atoms with van der Waals surface area (Å²) in [5.41, 5.74) is 2.04. The summed E-state index contributed by atoms with van der Waals surface area (Å²) in [5, 5.41) is 3.18. The van der Waals surface area contributed by atoms with E-state index in [4.69, 9.17) is 16.3 Å². The van der Waals surface area contributed by atoms with Crippen molar-refractivity contribution in [2.45, 2.75) is 18.8 Å². The standard InChI is InChI=1S/C12H17ClFNO/c1-9-5-12(14)4-3-10(9)6-15-7-11(13)8-16-2/h3-5,11,15H,6-8H2,1-2H3. The van der Waals surface area contributed by atoms with Gasteiger partial charge in [-0.2, -0.15) is 0 Å². The van der Waals surface area contributed by atoms with Gasteiger partial charge in [-0.25, -0.2) is 4.39 Å². The molecule has 2 nitrogen and oxygen atoms in total. The Morgan fingerprint density at radius 3 is 2.88 bits per heavy atom. The summed E-state index contributed by atoms with van der Waals surface area (Å²) in [5.74, 6) is -0.198. The van der Waals surface area contributed by atoms with Gasteiger partial charge in [0.1, 0.15) is 5.82 Å². The molecular formula is C12H17ClFNO. The van der Waals surface area contributed by atoms with E-state index in [0.717, 1.165) is 11.1 Å². The van der Waals surface area contributed by atoms with Crippen molar-refractivity contribution in [3.8, 4) is 0 Å². The number of hydrogen-bond acceptors (Lipinski definition) is 2. The maximum atomic E-state index is 12.8. The van der Waals surface area contributed by atoms with Crippen LogP contribution in [0.5, 0.6) is 0 Å². The van der Waals surface area contributed by atoms with Crippen molar-refractivity contribution >= 4 is 11.6 Å². The van der Waals surface area contributed by atoms with Crippen LogP contribution in [-0.4, -0.2) is 25.6 Å². The Labute approximate surface area is 101 Å². The van der Waals surface area contributed by atoms with Crippen molar-refractivity contribution in [3.63, 3.8) is 0 Å². The first-order chi connectivity index (χ1) is 7.63. The molecule has 1 aromatic carbocycles. The smallest absolute Gasteiger partial charge is 0.123 e. The number of ether oxygens (including phenoxy) is 1. The van der Waals surface area contributed by atoms with Crippen molar-refractivity contribution in [3.05, 3.63) is 35.1 Å². The van der Waals surface area contributed by atoms with E-state index in [1.165, 1.54) is 12.1 Å². The van der Waals surface area contributed by atoms with Gasteiger partial charge < -0.3 is 10.1 Å². The van der Waals surface area contributed by atoms with Crippen LogP contribution in [0, 0.1) is 12.7 Å². The predicted octanol–water partition coefficient (Wildman–Crippen LogP) is 2.48. The van der Waals surface area contributed by atoms with E-state index < -0.39 is 0 Å². The molecule has 0 bridgehead atoms. The number of hydrogen-bond donors (Lipinski definition) is 1. The Bertz CT molecular complexity index is 333. The molecule has 0 saturated carbocycles. The van der Waals surface area contributed by atoms with Crippen LogP contribution in [0.1, 0.15) is 11.1 Å². The molecule has 0 spiro atoms. The molecule has 90 valence electrons. The highest BCUT2D eigenvalue weighted by Gasteiger charge is 2.04. The Morgan fingerprint density at radius 2 is 2.25 bits per heavy atom. The van der Waals surface area contributed by atoms with E-state index in [1.807, 2.05) is 6.92 Å². The highest BCUT2D eigenvalue weighted by atomic mass is 35.5. The first-order valence-electron chi connectivity index (χ1n) is 5.22. The SMILES string of the molecule is COCC(Cl)CNCc1ccc(F)cc1C. The molecule has 0 amide bonds. The largest absolute Gasteiger partial charge is 0.383 e. The van der Waals surface area contributed by atoms with Gasteiger partial charge in [-0.15, -0.1) is 11.6 Å². The molecule has 0 fully saturated rings. The lowest BCUT2D eigenvalue weighted by Crippen LogP contribution is -2.26. The van der Waals surface area contributed by atoms with Gasteiger partial charge in [0.15, 0.2) is 0 Å². The molecule has 0 radical (unpaired) electrons. The maximum Gasteiger partial charge on any atom is 0.123 e. The van der Waals surface area contributed by atoms with Crippen LogP contribution in [0.2, 0.25) is 0 Å². The minimum Gasteiger partial charge on any atom is -0.383 e. The van der Waals surface area contributed by atoms with Crippen LogP contribution in [-0.2, 0) is 11.3 Å². The minimum atomic E-state index is -0.198.